The average Bonchev–Trinajstić information content (AvgIpc) is 2.37. The maximum atomic E-state index is 13.2. The Labute approximate surface area is 111 Å². The van der Waals surface area contributed by atoms with Crippen LogP contribution in [0.15, 0.2) is 36.4 Å². The quantitative estimate of drug-likeness (QED) is 0.778. The topological polar surface area (TPSA) is 16.1 Å². The molecule has 0 N–H and O–H groups in total. The van der Waals surface area contributed by atoms with Crippen LogP contribution < -0.4 is 4.90 Å². The van der Waals surface area contributed by atoms with Crippen LogP contribution in [0, 0.1) is 12.7 Å². The van der Waals surface area contributed by atoms with Gasteiger partial charge in [-0.2, -0.15) is 0 Å². The molecule has 0 amide bonds. The molecule has 0 fully saturated rings. The Morgan fingerprint density at radius 3 is 2.72 bits per heavy atom. The summed E-state index contributed by atoms with van der Waals surface area (Å²) in [6.45, 7) is 1.92. The Morgan fingerprint density at radius 2 is 2.06 bits per heavy atom. The lowest BCUT2D eigenvalue weighted by atomic mass is 10.2. The van der Waals surface area contributed by atoms with Gasteiger partial charge in [-0.25, -0.2) is 9.37 Å². The first kappa shape index (κ1) is 12.8. The molecular weight excluding hydrogens is 251 g/mol. The van der Waals surface area contributed by atoms with E-state index in [0.29, 0.717) is 5.88 Å². The summed E-state index contributed by atoms with van der Waals surface area (Å²) in [5, 5.41) is 0. The molecule has 0 spiro atoms. The van der Waals surface area contributed by atoms with Gasteiger partial charge in [-0.1, -0.05) is 6.07 Å². The summed E-state index contributed by atoms with van der Waals surface area (Å²) >= 11 is 5.84. The minimum atomic E-state index is -0.260. The standard InChI is InChI=1S/C14H14ClFN2/c1-10-6-11(9-15)7-14(17-10)18(2)13-5-3-4-12(16)8-13/h3-8H,9H2,1-2H3. The number of aryl methyl sites for hydroxylation is 1. The molecule has 94 valence electrons. The van der Waals surface area contributed by atoms with E-state index < -0.39 is 0 Å². The summed E-state index contributed by atoms with van der Waals surface area (Å²) < 4.78 is 13.2. The summed E-state index contributed by atoms with van der Waals surface area (Å²) in [4.78, 5) is 6.27. The van der Waals surface area contributed by atoms with Gasteiger partial charge < -0.3 is 4.90 Å². The van der Waals surface area contributed by atoms with Crippen LogP contribution >= 0.6 is 11.6 Å². The first-order valence-corrected chi connectivity index (χ1v) is 6.16. The highest BCUT2D eigenvalue weighted by molar-refractivity contribution is 6.17. The monoisotopic (exact) mass is 264 g/mol. The zero-order valence-electron chi connectivity index (χ0n) is 10.3. The minimum Gasteiger partial charge on any atom is -0.329 e. The smallest absolute Gasteiger partial charge is 0.133 e. The van der Waals surface area contributed by atoms with E-state index in [9.17, 15) is 4.39 Å². The van der Waals surface area contributed by atoms with E-state index in [1.807, 2.05) is 37.1 Å². The maximum Gasteiger partial charge on any atom is 0.133 e. The molecule has 0 bridgehead atoms. The Bertz CT molecular complexity index is 557. The molecule has 2 rings (SSSR count). The molecule has 0 radical (unpaired) electrons. The van der Waals surface area contributed by atoms with Gasteiger partial charge in [0, 0.05) is 24.3 Å². The third kappa shape index (κ3) is 2.79. The van der Waals surface area contributed by atoms with Gasteiger partial charge in [0.2, 0.25) is 0 Å². The van der Waals surface area contributed by atoms with Crippen molar-refractivity contribution in [3.63, 3.8) is 0 Å². The molecular formula is C14H14ClFN2. The fraction of sp³-hybridized carbons (Fsp3) is 0.214. The van der Waals surface area contributed by atoms with E-state index in [2.05, 4.69) is 4.98 Å². The van der Waals surface area contributed by atoms with Gasteiger partial charge in [-0.05, 0) is 42.8 Å². The lowest BCUT2D eigenvalue weighted by molar-refractivity contribution is 0.628. The minimum absolute atomic E-state index is 0.260. The van der Waals surface area contributed by atoms with E-state index in [0.717, 1.165) is 22.8 Å². The predicted octanol–water partition coefficient (Wildman–Crippen LogP) is 4.04. The lowest BCUT2D eigenvalue weighted by Crippen LogP contribution is -2.12. The number of hydrogen-bond donors (Lipinski definition) is 0. The fourth-order valence-corrected chi connectivity index (χ4v) is 1.94. The maximum absolute atomic E-state index is 13.2. The lowest BCUT2D eigenvalue weighted by Gasteiger charge is -2.19. The van der Waals surface area contributed by atoms with Crippen LogP contribution in [0.4, 0.5) is 15.9 Å². The van der Waals surface area contributed by atoms with Gasteiger partial charge in [0.05, 0.1) is 0 Å². The molecule has 2 aromatic rings. The largest absolute Gasteiger partial charge is 0.329 e. The van der Waals surface area contributed by atoms with Gasteiger partial charge in [0.1, 0.15) is 11.6 Å². The van der Waals surface area contributed by atoms with Crippen molar-refractivity contribution in [2.75, 3.05) is 11.9 Å². The molecule has 2 nitrogen and oxygen atoms in total. The molecule has 4 heteroatoms. The third-order valence-corrected chi connectivity index (χ3v) is 3.00. The molecule has 18 heavy (non-hydrogen) atoms. The van der Waals surface area contributed by atoms with Crippen molar-refractivity contribution in [3.8, 4) is 0 Å². The predicted molar refractivity (Wildman–Crippen MR) is 73.0 cm³/mol. The Hall–Kier alpha value is -1.61. The Balaban J connectivity index is 2.39. The van der Waals surface area contributed by atoms with Crippen LogP contribution in [-0.2, 0) is 5.88 Å². The summed E-state index contributed by atoms with van der Waals surface area (Å²) in [6.07, 6.45) is 0. The highest BCUT2D eigenvalue weighted by atomic mass is 35.5. The number of alkyl halides is 1. The van der Waals surface area contributed by atoms with E-state index >= 15 is 0 Å². The summed E-state index contributed by atoms with van der Waals surface area (Å²) in [7, 11) is 1.86. The van der Waals surface area contributed by atoms with Crippen molar-refractivity contribution in [1.82, 2.24) is 4.98 Å². The van der Waals surface area contributed by atoms with Crippen molar-refractivity contribution in [2.24, 2.45) is 0 Å². The second kappa shape index (κ2) is 5.36. The van der Waals surface area contributed by atoms with Crippen LogP contribution in [0.1, 0.15) is 11.3 Å². The molecule has 1 aromatic heterocycles. The number of hydrogen-bond acceptors (Lipinski definition) is 2. The van der Waals surface area contributed by atoms with Gasteiger partial charge in [-0.3, -0.25) is 0 Å². The molecule has 1 heterocycles. The number of aromatic nitrogens is 1. The molecule has 0 saturated carbocycles. The van der Waals surface area contributed by atoms with Crippen LogP contribution in [0.25, 0.3) is 0 Å². The zero-order valence-corrected chi connectivity index (χ0v) is 11.1. The molecule has 0 unspecified atom stereocenters. The van der Waals surface area contributed by atoms with Crippen LogP contribution in [0.3, 0.4) is 0 Å². The summed E-state index contributed by atoms with van der Waals surface area (Å²) in [6, 6.07) is 10.3. The molecule has 0 aliphatic heterocycles. The van der Waals surface area contributed by atoms with Crippen molar-refractivity contribution < 1.29 is 4.39 Å². The number of halogens is 2. The Morgan fingerprint density at radius 1 is 1.28 bits per heavy atom. The number of pyridine rings is 1. The number of anilines is 2. The summed E-state index contributed by atoms with van der Waals surface area (Å²) in [5.41, 5.74) is 2.66. The van der Waals surface area contributed by atoms with E-state index in [1.165, 1.54) is 12.1 Å². The molecule has 0 aliphatic carbocycles. The van der Waals surface area contributed by atoms with Gasteiger partial charge in [-0.15, -0.1) is 11.6 Å². The second-order valence-corrected chi connectivity index (χ2v) is 4.41. The number of nitrogens with zero attached hydrogens (tertiary/aromatic N) is 2. The summed E-state index contributed by atoms with van der Waals surface area (Å²) in [5.74, 6) is 0.939. The van der Waals surface area contributed by atoms with Crippen LogP contribution in [0.2, 0.25) is 0 Å². The van der Waals surface area contributed by atoms with E-state index in [1.54, 1.807) is 6.07 Å². The van der Waals surface area contributed by atoms with E-state index in [-0.39, 0.29) is 5.82 Å². The van der Waals surface area contributed by atoms with Crippen molar-refractivity contribution >= 4 is 23.1 Å². The Kier molecular flexibility index (Phi) is 3.82. The fourth-order valence-electron chi connectivity index (χ4n) is 1.79. The van der Waals surface area contributed by atoms with Crippen molar-refractivity contribution in [3.05, 3.63) is 53.5 Å². The van der Waals surface area contributed by atoms with Gasteiger partial charge in [0.25, 0.3) is 0 Å². The van der Waals surface area contributed by atoms with E-state index in [4.69, 9.17) is 11.6 Å². The molecule has 0 aliphatic rings. The SMILES string of the molecule is Cc1cc(CCl)cc(N(C)c2cccc(F)c2)n1. The zero-order chi connectivity index (χ0) is 13.1. The number of benzene rings is 1. The van der Waals surface area contributed by atoms with Crippen molar-refractivity contribution in [2.45, 2.75) is 12.8 Å². The normalized spacial score (nSPS) is 10.4. The van der Waals surface area contributed by atoms with Gasteiger partial charge in [0.15, 0.2) is 0 Å². The first-order chi connectivity index (χ1) is 8.60. The van der Waals surface area contributed by atoms with Crippen LogP contribution in [-0.4, -0.2) is 12.0 Å². The van der Waals surface area contributed by atoms with Crippen LogP contribution in [0.5, 0.6) is 0 Å². The number of rotatable bonds is 3. The van der Waals surface area contributed by atoms with Crippen molar-refractivity contribution in [1.29, 1.82) is 0 Å². The highest BCUT2D eigenvalue weighted by Crippen LogP contribution is 2.24. The molecule has 0 saturated heterocycles. The molecule has 0 atom stereocenters. The average molecular weight is 265 g/mol. The van der Waals surface area contributed by atoms with Gasteiger partial charge >= 0.3 is 0 Å². The first-order valence-electron chi connectivity index (χ1n) is 5.63. The third-order valence-electron chi connectivity index (χ3n) is 2.69. The highest BCUT2D eigenvalue weighted by Gasteiger charge is 2.08. The second-order valence-electron chi connectivity index (χ2n) is 4.15. The molecule has 1 aromatic carbocycles.